The van der Waals surface area contributed by atoms with Crippen LogP contribution in [0.5, 0.6) is 0 Å². The van der Waals surface area contributed by atoms with Crippen molar-refractivity contribution in [2.75, 3.05) is 36.4 Å². The molecule has 1 rings (SSSR count). The highest BCUT2D eigenvalue weighted by molar-refractivity contribution is 5.93. The highest BCUT2D eigenvalue weighted by Gasteiger charge is 2.08. The van der Waals surface area contributed by atoms with Crippen LogP contribution in [-0.2, 0) is 4.79 Å². The largest absolute Gasteiger partial charge is 0.372 e. The van der Waals surface area contributed by atoms with Crippen molar-refractivity contribution >= 4 is 17.3 Å². The molecular formula is C17H29N3O. The fourth-order valence-corrected chi connectivity index (χ4v) is 2.24. The van der Waals surface area contributed by atoms with Gasteiger partial charge in [0.2, 0.25) is 5.91 Å². The van der Waals surface area contributed by atoms with Crippen molar-refractivity contribution in [1.29, 1.82) is 0 Å². The van der Waals surface area contributed by atoms with Gasteiger partial charge >= 0.3 is 0 Å². The van der Waals surface area contributed by atoms with Crippen LogP contribution in [-0.4, -0.2) is 32.1 Å². The van der Waals surface area contributed by atoms with Crippen LogP contribution in [0.25, 0.3) is 0 Å². The van der Waals surface area contributed by atoms with Gasteiger partial charge in [0.25, 0.3) is 0 Å². The SMILES string of the molecule is CCN(CC)c1ccc(NC(=O)CNCC(C)C)c(C)c1. The molecule has 0 radical (unpaired) electrons. The summed E-state index contributed by atoms with van der Waals surface area (Å²) in [6.07, 6.45) is 0. The van der Waals surface area contributed by atoms with E-state index in [9.17, 15) is 4.79 Å². The molecule has 4 nitrogen and oxygen atoms in total. The number of amides is 1. The highest BCUT2D eigenvalue weighted by atomic mass is 16.1. The predicted octanol–water partition coefficient (Wildman–Crippen LogP) is 3.03. The fourth-order valence-electron chi connectivity index (χ4n) is 2.24. The standard InChI is InChI=1S/C17H29N3O/c1-6-20(7-2)15-8-9-16(14(5)10-15)19-17(21)12-18-11-13(3)4/h8-10,13,18H,6-7,11-12H2,1-5H3,(H,19,21). The molecule has 1 aromatic carbocycles. The minimum Gasteiger partial charge on any atom is -0.372 e. The van der Waals surface area contributed by atoms with Crippen molar-refractivity contribution in [2.45, 2.75) is 34.6 Å². The summed E-state index contributed by atoms with van der Waals surface area (Å²) in [4.78, 5) is 14.2. The summed E-state index contributed by atoms with van der Waals surface area (Å²) in [5, 5.41) is 6.12. The Morgan fingerprint density at radius 1 is 1.24 bits per heavy atom. The van der Waals surface area contributed by atoms with Gasteiger partial charge in [-0.2, -0.15) is 0 Å². The van der Waals surface area contributed by atoms with Gasteiger partial charge in [-0.3, -0.25) is 4.79 Å². The summed E-state index contributed by atoms with van der Waals surface area (Å²) in [5.74, 6) is 0.558. The van der Waals surface area contributed by atoms with Crippen molar-refractivity contribution in [3.63, 3.8) is 0 Å². The molecule has 0 aliphatic rings. The first-order chi connectivity index (χ1) is 9.97. The predicted molar refractivity (Wildman–Crippen MR) is 91.1 cm³/mol. The van der Waals surface area contributed by atoms with Crippen molar-refractivity contribution in [1.82, 2.24) is 5.32 Å². The lowest BCUT2D eigenvalue weighted by Crippen LogP contribution is -2.30. The fraction of sp³-hybridized carbons (Fsp3) is 0.588. The average molecular weight is 291 g/mol. The smallest absolute Gasteiger partial charge is 0.238 e. The molecule has 0 aliphatic heterocycles. The Morgan fingerprint density at radius 2 is 1.90 bits per heavy atom. The second kappa shape index (κ2) is 8.67. The third kappa shape index (κ3) is 5.76. The van der Waals surface area contributed by atoms with E-state index >= 15 is 0 Å². The lowest BCUT2D eigenvalue weighted by atomic mass is 10.1. The van der Waals surface area contributed by atoms with E-state index in [0.29, 0.717) is 12.5 Å². The van der Waals surface area contributed by atoms with E-state index < -0.39 is 0 Å². The van der Waals surface area contributed by atoms with Crippen molar-refractivity contribution in [3.8, 4) is 0 Å². The minimum absolute atomic E-state index is 0.00865. The Bertz CT molecular complexity index is 453. The number of carbonyl (C=O) groups excluding carboxylic acids is 1. The molecule has 0 atom stereocenters. The number of rotatable bonds is 8. The number of nitrogens with zero attached hydrogens (tertiary/aromatic N) is 1. The Kier molecular flexibility index (Phi) is 7.23. The van der Waals surface area contributed by atoms with Crippen molar-refractivity contribution in [3.05, 3.63) is 23.8 Å². The van der Waals surface area contributed by atoms with E-state index in [2.05, 4.69) is 55.4 Å². The summed E-state index contributed by atoms with van der Waals surface area (Å²) in [6.45, 7) is 13.8. The van der Waals surface area contributed by atoms with Gasteiger partial charge < -0.3 is 15.5 Å². The van der Waals surface area contributed by atoms with Crippen LogP contribution in [0.4, 0.5) is 11.4 Å². The summed E-state index contributed by atoms with van der Waals surface area (Å²) in [6, 6.07) is 6.19. The van der Waals surface area contributed by atoms with Gasteiger partial charge in [0.1, 0.15) is 0 Å². The second-order valence-electron chi connectivity index (χ2n) is 5.74. The van der Waals surface area contributed by atoms with Crippen LogP contribution in [0, 0.1) is 12.8 Å². The van der Waals surface area contributed by atoms with Gasteiger partial charge in [0.15, 0.2) is 0 Å². The molecule has 0 aliphatic carbocycles. The molecule has 118 valence electrons. The Labute approximate surface area is 128 Å². The molecule has 21 heavy (non-hydrogen) atoms. The molecule has 4 heteroatoms. The van der Waals surface area contributed by atoms with Gasteiger partial charge in [-0.15, -0.1) is 0 Å². The average Bonchev–Trinajstić information content (AvgIpc) is 2.42. The summed E-state index contributed by atoms with van der Waals surface area (Å²) in [5.41, 5.74) is 3.19. The van der Waals surface area contributed by atoms with Gasteiger partial charge in [0.05, 0.1) is 6.54 Å². The molecule has 0 fully saturated rings. The maximum atomic E-state index is 11.9. The van der Waals surface area contributed by atoms with E-state index in [4.69, 9.17) is 0 Å². The molecule has 0 bridgehead atoms. The topological polar surface area (TPSA) is 44.4 Å². The molecule has 1 aromatic rings. The monoisotopic (exact) mass is 291 g/mol. The van der Waals surface area contributed by atoms with E-state index in [1.54, 1.807) is 0 Å². The zero-order valence-corrected chi connectivity index (χ0v) is 14.0. The van der Waals surface area contributed by atoms with E-state index in [1.807, 2.05) is 13.0 Å². The van der Waals surface area contributed by atoms with Gasteiger partial charge in [0, 0.05) is 24.5 Å². The normalized spacial score (nSPS) is 10.8. The first kappa shape index (κ1) is 17.5. The van der Waals surface area contributed by atoms with Gasteiger partial charge in [-0.1, -0.05) is 13.8 Å². The maximum Gasteiger partial charge on any atom is 0.238 e. The van der Waals surface area contributed by atoms with Crippen LogP contribution >= 0.6 is 0 Å². The van der Waals surface area contributed by atoms with Crippen LogP contribution in [0.3, 0.4) is 0 Å². The zero-order chi connectivity index (χ0) is 15.8. The van der Waals surface area contributed by atoms with E-state index in [0.717, 1.165) is 30.9 Å². The number of hydrogen-bond donors (Lipinski definition) is 2. The lowest BCUT2D eigenvalue weighted by molar-refractivity contribution is -0.115. The van der Waals surface area contributed by atoms with Crippen LogP contribution in [0.15, 0.2) is 18.2 Å². The molecule has 2 N–H and O–H groups in total. The minimum atomic E-state index is 0.00865. The molecule has 0 heterocycles. The molecule has 0 unspecified atom stereocenters. The number of anilines is 2. The van der Waals surface area contributed by atoms with Crippen LogP contribution in [0.2, 0.25) is 0 Å². The van der Waals surface area contributed by atoms with Crippen molar-refractivity contribution < 1.29 is 4.79 Å². The Balaban J connectivity index is 2.62. The van der Waals surface area contributed by atoms with Crippen LogP contribution in [0.1, 0.15) is 33.3 Å². The van der Waals surface area contributed by atoms with E-state index in [1.165, 1.54) is 5.69 Å². The number of benzene rings is 1. The Morgan fingerprint density at radius 3 is 2.43 bits per heavy atom. The molecule has 0 saturated heterocycles. The third-order valence-corrected chi connectivity index (χ3v) is 3.45. The molecule has 0 aromatic heterocycles. The lowest BCUT2D eigenvalue weighted by Gasteiger charge is -2.22. The third-order valence-electron chi connectivity index (χ3n) is 3.45. The molecule has 1 amide bonds. The number of nitrogens with one attached hydrogen (secondary N) is 2. The van der Waals surface area contributed by atoms with Crippen LogP contribution < -0.4 is 15.5 Å². The number of hydrogen-bond acceptors (Lipinski definition) is 3. The summed E-state index contributed by atoms with van der Waals surface area (Å²) in [7, 11) is 0. The molecular weight excluding hydrogens is 262 g/mol. The molecule has 0 spiro atoms. The van der Waals surface area contributed by atoms with Gasteiger partial charge in [-0.25, -0.2) is 0 Å². The first-order valence-corrected chi connectivity index (χ1v) is 7.84. The highest BCUT2D eigenvalue weighted by Crippen LogP contribution is 2.22. The van der Waals surface area contributed by atoms with Crippen molar-refractivity contribution in [2.24, 2.45) is 5.92 Å². The second-order valence-corrected chi connectivity index (χ2v) is 5.74. The van der Waals surface area contributed by atoms with E-state index in [-0.39, 0.29) is 5.91 Å². The maximum absolute atomic E-state index is 11.9. The first-order valence-electron chi connectivity index (χ1n) is 7.84. The summed E-state index contributed by atoms with van der Waals surface area (Å²) < 4.78 is 0. The quantitative estimate of drug-likeness (QED) is 0.774. The molecule has 0 saturated carbocycles. The zero-order valence-electron chi connectivity index (χ0n) is 14.0. The Hall–Kier alpha value is -1.55. The summed E-state index contributed by atoms with van der Waals surface area (Å²) >= 11 is 0. The van der Waals surface area contributed by atoms with Gasteiger partial charge in [-0.05, 0) is 57.0 Å². The number of carbonyl (C=O) groups is 1. The number of aryl methyl sites for hydroxylation is 1.